The summed E-state index contributed by atoms with van der Waals surface area (Å²) in [6, 6.07) is 6.88. The van der Waals surface area contributed by atoms with Gasteiger partial charge >= 0.3 is 24.4 Å². The summed E-state index contributed by atoms with van der Waals surface area (Å²) in [5, 5.41) is 0.280. The average Bonchev–Trinajstić information content (AvgIpc) is 3.31. The molecule has 3 aromatic rings. The van der Waals surface area contributed by atoms with E-state index in [-0.39, 0.29) is 28.6 Å². The quantitative estimate of drug-likeness (QED) is 0.180. The van der Waals surface area contributed by atoms with Gasteiger partial charge in [0.15, 0.2) is 0 Å². The Kier molecular flexibility index (Phi) is 9.72. The molecule has 7 nitrogen and oxygen atoms in total. The minimum absolute atomic E-state index is 0.00230. The Hall–Kier alpha value is -4.26. The molecule has 0 bridgehead atoms. The highest BCUT2D eigenvalue weighted by atomic mass is 35.5. The molecule has 2 aromatic carbocycles. The van der Waals surface area contributed by atoms with E-state index in [1.807, 2.05) is 6.07 Å². The van der Waals surface area contributed by atoms with Crippen molar-refractivity contribution in [3.05, 3.63) is 87.1 Å². The number of carbonyl (C=O) groups excluding carboxylic acids is 2. The van der Waals surface area contributed by atoms with E-state index < -0.39 is 53.3 Å². The van der Waals surface area contributed by atoms with Crippen molar-refractivity contribution in [3.63, 3.8) is 0 Å². The van der Waals surface area contributed by atoms with Crippen LogP contribution in [0.1, 0.15) is 78.7 Å². The number of hydrogen-bond donors (Lipinski definition) is 0. The number of esters is 1. The minimum atomic E-state index is -5.05. The number of ether oxygens (including phenoxy) is 3. The zero-order chi connectivity index (χ0) is 36.1. The van der Waals surface area contributed by atoms with Crippen LogP contribution in [0.2, 0.25) is 5.02 Å². The topological polar surface area (TPSA) is 78.0 Å². The first-order chi connectivity index (χ1) is 22.8. The van der Waals surface area contributed by atoms with Gasteiger partial charge in [-0.25, -0.2) is 14.6 Å². The maximum atomic E-state index is 13.6. The van der Waals surface area contributed by atoms with Crippen LogP contribution in [0.5, 0.6) is 5.88 Å². The fraction of sp³-hybridized carbons (Fsp3) is 0.400. The number of amides is 1. The fourth-order valence-corrected chi connectivity index (χ4v) is 6.66. The molecule has 262 valence electrons. The molecule has 1 unspecified atom stereocenters. The van der Waals surface area contributed by atoms with Crippen LogP contribution in [0.3, 0.4) is 0 Å². The van der Waals surface area contributed by atoms with Gasteiger partial charge in [0.1, 0.15) is 6.10 Å². The number of alkyl halides is 6. The Labute approximate surface area is 283 Å². The molecule has 49 heavy (non-hydrogen) atoms. The molecule has 2 aliphatic rings. The predicted octanol–water partition coefficient (Wildman–Crippen LogP) is 9.78. The van der Waals surface area contributed by atoms with Crippen LogP contribution in [0.25, 0.3) is 16.7 Å². The molecular formula is C35H33ClF6N2O5. The second-order valence-corrected chi connectivity index (χ2v) is 13.3. The number of methoxy groups -OCH3 is 2. The molecule has 1 fully saturated rings. The number of cyclic esters (lactones) is 1. The zero-order valence-corrected chi connectivity index (χ0v) is 27.9. The van der Waals surface area contributed by atoms with Crippen molar-refractivity contribution in [2.45, 2.75) is 64.5 Å². The van der Waals surface area contributed by atoms with Gasteiger partial charge in [-0.05, 0) is 84.7 Å². The maximum absolute atomic E-state index is 13.6. The highest BCUT2D eigenvalue weighted by Crippen LogP contribution is 2.47. The van der Waals surface area contributed by atoms with Crippen molar-refractivity contribution in [1.82, 2.24) is 9.88 Å². The van der Waals surface area contributed by atoms with Crippen LogP contribution < -0.4 is 4.74 Å². The number of carbonyl (C=O) groups is 2. The minimum Gasteiger partial charge on any atom is -0.481 e. The van der Waals surface area contributed by atoms with E-state index in [0.717, 1.165) is 17.6 Å². The van der Waals surface area contributed by atoms with Gasteiger partial charge in [-0.15, -0.1) is 0 Å². The van der Waals surface area contributed by atoms with Crippen LogP contribution in [-0.2, 0) is 21.8 Å². The smallest absolute Gasteiger partial charge is 0.416 e. The lowest BCUT2D eigenvalue weighted by Crippen LogP contribution is -2.35. The predicted molar refractivity (Wildman–Crippen MR) is 169 cm³/mol. The van der Waals surface area contributed by atoms with Gasteiger partial charge < -0.3 is 14.2 Å². The van der Waals surface area contributed by atoms with Gasteiger partial charge in [-0.2, -0.15) is 26.3 Å². The summed E-state index contributed by atoms with van der Waals surface area (Å²) < 4.78 is 97.5. The molecule has 14 heteroatoms. The van der Waals surface area contributed by atoms with Crippen molar-refractivity contribution in [2.24, 2.45) is 5.41 Å². The van der Waals surface area contributed by atoms with Crippen LogP contribution in [0, 0.1) is 5.41 Å². The fourth-order valence-electron chi connectivity index (χ4n) is 6.37. The Morgan fingerprint density at radius 2 is 1.67 bits per heavy atom. The van der Waals surface area contributed by atoms with Crippen LogP contribution in [-0.4, -0.2) is 48.8 Å². The number of benzene rings is 2. The summed E-state index contributed by atoms with van der Waals surface area (Å²) in [6.45, 7) is 5.66. The van der Waals surface area contributed by atoms with E-state index in [1.165, 1.54) is 32.1 Å². The Morgan fingerprint density at radius 3 is 2.24 bits per heavy atom. The molecule has 1 aromatic heterocycles. The summed E-state index contributed by atoms with van der Waals surface area (Å²) in [5.41, 5.74) is 0.160. The van der Waals surface area contributed by atoms with Crippen molar-refractivity contribution >= 4 is 29.2 Å². The molecule has 1 aliphatic heterocycles. The first-order valence-corrected chi connectivity index (χ1v) is 15.6. The second-order valence-electron chi connectivity index (χ2n) is 12.9. The molecule has 0 saturated carbocycles. The SMILES string of the molecule is COC(=O)c1ccc(-c2cnc(OC)c(C3=C(CN4C(=O)OC(c5cc(C(F)(F)F)cc(C(F)(F)F)c5)[C@@H]4C)CC(C)(C)CC3)c2)c(Cl)c1. The monoisotopic (exact) mass is 710 g/mol. The highest BCUT2D eigenvalue weighted by Gasteiger charge is 2.44. The standard InChI is InChI=1S/C35H33ClF6N2O5/c1-18-29(20-10-23(34(37,38)39)14-24(11-20)35(40,41)42)49-32(46)44(18)17-22-15-33(2,3)9-8-25(22)27-12-21(16-43-30(27)47-4)26-7-6-19(13-28(26)36)31(45)48-5/h6-7,10-14,16,18,29H,8-9,15,17H2,1-5H3/t18-,29?/m0/s1. The molecule has 0 spiro atoms. The summed E-state index contributed by atoms with van der Waals surface area (Å²) in [5.74, 6) is -0.246. The molecule has 1 amide bonds. The molecule has 2 atom stereocenters. The van der Waals surface area contributed by atoms with E-state index in [1.54, 1.807) is 18.3 Å². The van der Waals surface area contributed by atoms with Crippen LogP contribution in [0.15, 0.2) is 54.2 Å². The maximum Gasteiger partial charge on any atom is 0.416 e. The molecular weight excluding hydrogens is 678 g/mol. The van der Waals surface area contributed by atoms with E-state index >= 15 is 0 Å². The van der Waals surface area contributed by atoms with Gasteiger partial charge in [-0.3, -0.25) is 4.90 Å². The average molecular weight is 711 g/mol. The number of aromatic nitrogens is 1. The Bertz CT molecular complexity index is 1790. The molecule has 0 radical (unpaired) electrons. The third-order valence-corrected chi connectivity index (χ3v) is 9.25. The summed E-state index contributed by atoms with van der Waals surface area (Å²) in [7, 11) is 2.73. The van der Waals surface area contributed by atoms with Gasteiger partial charge in [0.25, 0.3) is 0 Å². The lowest BCUT2D eigenvalue weighted by Gasteiger charge is -2.35. The summed E-state index contributed by atoms with van der Waals surface area (Å²) in [4.78, 5) is 31.1. The van der Waals surface area contributed by atoms with Gasteiger partial charge in [-0.1, -0.05) is 31.5 Å². The number of halogens is 7. The molecule has 1 saturated heterocycles. The van der Waals surface area contributed by atoms with E-state index in [2.05, 4.69) is 18.8 Å². The van der Waals surface area contributed by atoms with Crippen molar-refractivity contribution in [2.75, 3.05) is 20.8 Å². The number of pyridine rings is 1. The molecule has 2 heterocycles. The molecule has 1 aliphatic carbocycles. The van der Waals surface area contributed by atoms with Gasteiger partial charge in [0.2, 0.25) is 5.88 Å². The van der Waals surface area contributed by atoms with Crippen LogP contribution in [0.4, 0.5) is 31.1 Å². The first-order valence-electron chi connectivity index (χ1n) is 15.2. The van der Waals surface area contributed by atoms with Crippen molar-refractivity contribution in [3.8, 4) is 17.0 Å². The number of hydrogen-bond acceptors (Lipinski definition) is 6. The zero-order valence-electron chi connectivity index (χ0n) is 27.2. The van der Waals surface area contributed by atoms with Gasteiger partial charge in [0, 0.05) is 34.5 Å². The molecule has 0 N–H and O–H groups in total. The lowest BCUT2D eigenvalue weighted by atomic mass is 9.72. The molecule has 5 rings (SSSR count). The van der Waals surface area contributed by atoms with Crippen molar-refractivity contribution < 1.29 is 50.1 Å². The Morgan fingerprint density at radius 1 is 1.02 bits per heavy atom. The Balaban J connectivity index is 1.54. The third-order valence-electron chi connectivity index (χ3n) is 8.93. The lowest BCUT2D eigenvalue weighted by molar-refractivity contribution is -0.143. The van der Waals surface area contributed by atoms with E-state index in [0.29, 0.717) is 47.5 Å². The third kappa shape index (κ3) is 7.51. The highest BCUT2D eigenvalue weighted by molar-refractivity contribution is 6.33. The first kappa shape index (κ1) is 36.0. The van der Waals surface area contributed by atoms with Crippen molar-refractivity contribution in [1.29, 1.82) is 0 Å². The summed E-state index contributed by atoms with van der Waals surface area (Å²) in [6.07, 6.45) is -8.94. The normalized spacial score (nSPS) is 19.6. The number of allylic oxidation sites excluding steroid dienone is 1. The van der Waals surface area contributed by atoms with E-state index in [9.17, 15) is 35.9 Å². The largest absolute Gasteiger partial charge is 0.481 e. The number of nitrogens with zero attached hydrogens (tertiary/aromatic N) is 2. The van der Waals surface area contributed by atoms with Crippen LogP contribution >= 0.6 is 11.6 Å². The van der Waals surface area contributed by atoms with E-state index in [4.69, 9.17) is 25.8 Å². The second kappa shape index (κ2) is 13.2. The van der Waals surface area contributed by atoms with Gasteiger partial charge in [0.05, 0.1) is 37.0 Å². The summed E-state index contributed by atoms with van der Waals surface area (Å²) >= 11 is 6.56. The number of rotatable bonds is 7.